The first-order valence-electron chi connectivity index (χ1n) is 5.44. The zero-order valence-electron chi connectivity index (χ0n) is 9.10. The zero-order valence-corrected chi connectivity index (χ0v) is 9.99. The van der Waals surface area contributed by atoms with E-state index in [2.05, 4.69) is 24.8 Å². The highest BCUT2D eigenvalue weighted by Crippen LogP contribution is 2.18. The van der Waals surface area contributed by atoms with Crippen LogP contribution in [0.4, 0.5) is 0 Å². The summed E-state index contributed by atoms with van der Waals surface area (Å²) < 4.78 is 0. The third kappa shape index (κ3) is 2.23. The lowest BCUT2D eigenvalue weighted by Gasteiger charge is -2.30. The van der Waals surface area contributed by atoms with E-state index in [1.165, 1.54) is 11.1 Å². The molecule has 16 heavy (non-hydrogen) atoms. The molecule has 0 spiro atoms. The summed E-state index contributed by atoms with van der Waals surface area (Å²) in [6.07, 6.45) is 0.918. The van der Waals surface area contributed by atoms with Crippen LogP contribution in [-0.4, -0.2) is 29.1 Å². The molecule has 1 aliphatic heterocycles. The SMILES string of the molecule is NC(CS)C(=O)N1CCc2ccccc2C1. The maximum atomic E-state index is 11.9. The monoisotopic (exact) mass is 236 g/mol. The predicted octanol–water partition coefficient (Wildman–Crippen LogP) is 0.828. The lowest BCUT2D eigenvalue weighted by Crippen LogP contribution is -2.46. The molecule has 86 valence electrons. The summed E-state index contributed by atoms with van der Waals surface area (Å²) in [5, 5.41) is 0. The van der Waals surface area contributed by atoms with Crippen LogP contribution >= 0.6 is 12.6 Å². The van der Waals surface area contributed by atoms with Crippen molar-refractivity contribution in [2.45, 2.75) is 19.0 Å². The Labute approximate surface area is 101 Å². The average molecular weight is 236 g/mol. The Morgan fingerprint density at radius 1 is 1.44 bits per heavy atom. The van der Waals surface area contributed by atoms with Crippen LogP contribution in [0.3, 0.4) is 0 Å². The van der Waals surface area contributed by atoms with Gasteiger partial charge in [0.1, 0.15) is 0 Å². The van der Waals surface area contributed by atoms with E-state index in [0.29, 0.717) is 12.3 Å². The van der Waals surface area contributed by atoms with E-state index in [1.807, 2.05) is 17.0 Å². The Morgan fingerprint density at radius 2 is 2.12 bits per heavy atom. The minimum absolute atomic E-state index is 0.00417. The van der Waals surface area contributed by atoms with Gasteiger partial charge < -0.3 is 10.6 Å². The smallest absolute Gasteiger partial charge is 0.240 e. The summed E-state index contributed by atoms with van der Waals surface area (Å²) in [4.78, 5) is 13.7. The second-order valence-electron chi connectivity index (χ2n) is 4.07. The van der Waals surface area contributed by atoms with Gasteiger partial charge in [0.15, 0.2) is 0 Å². The van der Waals surface area contributed by atoms with Crippen LogP contribution in [0, 0.1) is 0 Å². The normalized spacial score (nSPS) is 16.8. The summed E-state index contributed by atoms with van der Waals surface area (Å²) in [6.45, 7) is 1.44. The predicted molar refractivity (Wildman–Crippen MR) is 67.4 cm³/mol. The van der Waals surface area contributed by atoms with E-state index in [0.717, 1.165) is 13.0 Å². The Hall–Kier alpha value is -1.00. The van der Waals surface area contributed by atoms with Crippen molar-refractivity contribution < 1.29 is 4.79 Å². The molecular formula is C12H16N2OS. The van der Waals surface area contributed by atoms with Crippen molar-refractivity contribution in [1.82, 2.24) is 4.90 Å². The van der Waals surface area contributed by atoms with Gasteiger partial charge in [-0.1, -0.05) is 24.3 Å². The van der Waals surface area contributed by atoms with Crippen molar-refractivity contribution in [3.63, 3.8) is 0 Å². The highest BCUT2D eigenvalue weighted by molar-refractivity contribution is 7.80. The molecule has 2 rings (SSSR count). The van der Waals surface area contributed by atoms with Gasteiger partial charge in [0.05, 0.1) is 6.04 Å². The van der Waals surface area contributed by atoms with Crippen molar-refractivity contribution in [3.8, 4) is 0 Å². The van der Waals surface area contributed by atoms with Crippen molar-refractivity contribution >= 4 is 18.5 Å². The molecule has 1 aliphatic rings. The van der Waals surface area contributed by atoms with Gasteiger partial charge in [-0.25, -0.2) is 0 Å². The fourth-order valence-electron chi connectivity index (χ4n) is 2.00. The molecular weight excluding hydrogens is 220 g/mol. The lowest BCUT2D eigenvalue weighted by molar-refractivity contribution is -0.132. The number of rotatable bonds is 2. The first kappa shape index (κ1) is 11.5. The van der Waals surface area contributed by atoms with Crippen molar-refractivity contribution in [2.75, 3.05) is 12.3 Å². The van der Waals surface area contributed by atoms with E-state index in [4.69, 9.17) is 5.73 Å². The second kappa shape index (κ2) is 4.89. The maximum absolute atomic E-state index is 11.9. The van der Waals surface area contributed by atoms with Crippen LogP contribution in [0.15, 0.2) is 24.3 Å². The molecule has 1 heterocycles. The number of hydrogen-bond acceptors (Lipinski definition) is 3. The van der Waals surface area contributed by atoms with Crippen LogP contribution in [-0.2, 0) is 17.8 Å². The van der Waals surface area contributed by atoms with E-state index >= 15 is 0 Å². The molecule has 0 radical (unpaired) electrons. The molecule has 0 aromatic heterocycles. The molecule has 0 saturated carbocycles. The molecule has 1 unspecified atom stereocenters. The summed E-state index contributed by atoms with van der Waals surface area (Å²) in [5.41, 5.74) is 8.27. The van der Waals surface area contributed by atoms with Gasteiger partial charge in [0.2, 0.25) is 5.91 Å². The third-order valence-corrected chi connectivity index (χ3v) is 3.35. The van der Waals surface area contributed by atoms with Crippen molar-refractivity contribution in [3.05, 3.63) is 35.4 Å². The van der Waals surface area contributed by atoms with Gasteiger partial charge in [-0.3, -0.25) is 4.79 Å². The molecule has 4 heteroatoms. The summed E-state index contributed by atoms with van der Waals surface area (Å²) >= 11 is 4.06. The lowest BCUT2D eigenvalue weighted by atomic mass is 9.99. The van der Waals surface area contributed by atoms with Crippen LogP contribution in [0.1, 0.15) is 11.1 Å². The number of carbonyl (C=O) groups is 1. The number of amides is 1. The number of thiol groups is 1. The maximum Gasteiger partial charge on any atom is 0.240 e. The highest BCUT2D eigenvalue weighted by atomic mass is 32.1. The summed E-state index contributed by atoms with van der Waals surface area (Å²) in [6, 6.07) is 7.76. The molecule has 0 fully saturated rings. The van der Waals surface area contributed by atoms with E-state index < -0.39 is 6.04 Å². The van der Waals surface area contributed by atoms with Crippen LogP contribution in [0.5, 0.6) is 0 Å². The van der Waals surface area contributed by atoms with Crippen LogP contribution < -0.4 is 5.73 Å². The number of nitrogens with two attached hydrogens (primary N) is 1. The van der Waals surface area contributed by atoms with Gasteiger partial charge >= 0.3 is 0 Å². The average Bonchev–Trinajstić information content (AvgIpc) is 2.36. The van der Waals surface area contributed by atoms with Crippen LogP contribution in [0.2, 0.25) is 0 Å². The van der Waals surface area contributed by atoms with Crippen LogP contribution in [0.25, 0.3) is 0 Å². The molecule has 1 aromatic carbocycles. The zero-order chi connectivity index (χ0) is 11.5. The number of benzene rings is 1. The topological polar surface area (TPSA) is 46.3 Å². The molecule has 1 atom stereocenters. The van der Waals surface area contributed by atoms with E-state index in [9.17, 15) is 4.79 Å². The van der Waals surface area contributed by atoms with Gasteiger partial charge in [-0.2, -0.15) is 12.6 Å². The molecule has 0 saturated heterocycles. The number of carbonyl (C=O) groups excluding carboxylic acids is 1. The quantitative estimate of drug-likeness (QED) is 0.747. The first-order chi connectivity index (χ1) is 7.72. The molecule has 0 aliphatic carbocycles. The molecule has 1 aromatic rings. The summed E-state index contributed by atoms with van der Waals surface area (Å²) in [7, 11) is 0. The molecule has 3 nitrogen and oxygen atoms in total. The molecule has 2 N–H and O–H groups in total. The Balaban J connectivity index is 2.11. The second-order valence-corrected chi connectivity index (χ2v) is 4.43. The Bertz CT molecular complexity index is 394. The fraction of sp³-hybridized carbons (Fsp3) is 0.417. The number of hydrogen-bond donors (Lipinski definition) is 2. The largest absolute Gasteiger partial charge is 0.337 e. The van der Waals surface area contributed by atoms with Gasteiger partial charge in [0, 0.05) is 18.8 Å². The number of nitrogens with zero attached hydrogens (tertiary/aromatic N) is 1. The van der Waals surface area contributed by atoms with Crippen molar-refractivity contribution in [1.29, 1.82) is 0 Å². The Morgan fingerprint density at radius 3 is 2.81 bits per heavy atom. The third-order valence-electron chi connectivity index (χ3n) is 2.96. The van der Waals surface area contributed by atoms with E-state index in [-0.39, 0.29) is 5.91 Å². The highest BCUT2D eigenvalue weighted by Gasteiger charge is 2.23. The number of fused-ring (bicyclic) bond motifs is 1. The molecule has 1 amide bonds. The summed E-state index contributed by atoms with van der Waals surface area (Å²) in [5.74, 6) is 0.404. The van der Waals surface area contributed by atoms with Gasteiger partial charge in [-0.05, 0) is 17.5 Å². The van der Waals surface area contributed by atoms with Crippen molar-refractivity contribution in [2.24, 2.45) is 5.73 Å². The standard InChI is InChI=1S/C12H16N2OS/c13-11(8-16)12(15)14-6-5-9-3-1-2-4-10(9)7-14/h1-4,11,16H,5-8,13H2. The fourth-order valence-corrected chi connectivity index (χ4v) is 2.15. The molecule has 0 bridgehead atoms. The van der Waals surface area contributed by atoms with Gasteiger partial charge in [-0.15, -0.1) is 0 Å². The Kier molecular flexibility index (Phi) is 3.51. The first-order valence-corrected chi connectivity index (χ1v) is 6.07. The minimum atomic E-state index is -0.478. The van der Waals surface area contributed by atoms with E-state index in [1.54, 1.807) is 0 Å². The minimum Gasteiger partial charge on any atom is -0.337 e. The van der Waals surface area contributed by atoms with Gasteiger partial charge in [0.25, 0.3) is 0 Å².